The van der Waals surface area contributed by atoms with Crippen LogP contribution < -0.4 is 14.9 Å². The molecule has 7 heteroatoms. The summed E-state index contributed by atoms with van der Waals surface area (Å²) in [4.78, 5) is 15.2. The van der Waals surface area contributed by atoms with Crippen LogP contribution in [0.15, 0.2) is 83.8 Å². The molecule has 0 heterocycles. The van der Waals surface area contributed by atoms with Crippen LogP contribution in [0.25, 0.3) is 0 Å². The van der Waals surface area contributed by atoms with Crippen LogP contribution >= 0.6 is 0 Å². The Hall–Kier alpha value is -3.32. The number of rotatable bonds is 8. The van der Waals surface area contributed by atoms with Gasteiger partial charge in [0.05, 0.1) is 16.3 Å². The molecule has 0 fully saturated rings. The molecule has 0 aliphatic carbocycles. The summed E-state index contributed by atoms with van der Waals surface area (Å²) in [6.45, 7) is 7.21. The van der Waals surface area contributed by atoms with E-state index < -0.39 is 10.0 Å². The number of nitrogens with zero attached hydrogens (tertiary/aromatic N) is 1. The highest BCUT2D eigenvalue weighted by atomic mass is 32.2. The van der Waals surface area contributed by atoms with E-state index >= 15 is 0 Å². The lowest BCUT2D eigenvalue weighted by Gasteiger charge is -2.27. The zero-order chi connectivity index (χ0) is 22.4. The van der Waals surface area contributed by atoms with Crippen molar-refractivity contribution in [3.05, 3.63) is 84.4 Å². The number of carbonyl (C=O) groups is 1. The van der Waals surface area contributed by atoms with E-state index in [1.165, 1.54) is 12.1 Å². The normalized spacial score (nSPS) is 11.2. The Bertz CT molecular complexity index is 1130. The van der Waals surface area contributed by atoms with Crippen molar-refractivity contribution in [1.82, 2.24) is 0 Å². The molecule has 3 aromatic rings. The van der Waals surface area contributed by atoms with Gasteiger partial charge >= 0.3 is 0 Å². The van der Waals surface area contributed by atoms with Gasteiger partial charge in [-0.2, -0.15) is 0 Å². The molecular formula is C24H27N3O3S. The first-order chi connectivity index (χ1) is 14.8. The first kappa shape index (κ1) is 22.4. The van der Waals surface area contributed by atoms with E-state index in [1.54, 1.807) is 54.6 Å². The number of carbonyl (C=O) groups excluding carboxylic acids is 1. The number of para-hydroxylation sites is 2. The maximum Gasteiger partial charge on any atom is 0.261 e. The van der Waals surface area contributed by atoms with Crippen LogP contribution in [-0.4, -0.2) is 26.9 Å². The Balaban J connectivity index is 1.79. The van der Waals surface area contributed by atoms with Gasteiger partial charge in [0.15, 0.2) is 0 Å². The predicted octanol–water partition coefficient (Wildman–Crippen LogP) is 4.97. The van der Waals surface area contributed by atoms with Gasteiger partial charge in [-0.3, -0.25) is 9.52 Å². The second-order valence-electron chi connectivity index (χ2n) is 7.34. The zero-order valence-corrected chi connectivity index (χ0v) is 18.7. The summed E-state index contributed by atoms with van der Waals surface area (Å²) < 4.78 is 27.9. The predicted molar refractivity (Wildman–Crippen MR) is 126 cm³/mol. The molecule has 3 aromatic carbocycles. The van der Waals surface area contributed by atoms with Crippen LogP contribution in [-0.2, 0) is 10.0 Å². The van der Waals surface area contributed by atoms with Gasteiger partial charge < -0.3 is 10.2 Å². The van der Waals surface area contributed by atoms with Crippen LogP contribution in [0, 0.1) is 0 Å². The number of nitrogens with one attached hydrogen (secondary N) is 2. The van der Waals surface area contributed by atoms with E-state index in [-0.39, 0.29) is 10.8 Å². The number of benzene rings is 3. The minimum atomic E-state index is -3.77. The van der Waals surface area contributed by atoms with Gasteiger partial charge in [-0.1, -0.05) is 30.3 Å². The van der Waals surface area contributed by atoms with Crippen LogP contribution in [0.5, 0.6) is 0 Å². The third kappa shape index (κ3) is 5.44. The van der Waals surface area contributed by atoms with Gasteiger partial charge in [0.2, 0.25) is 0 Å². The van der Waals surface area contributed by atoms with Crippen LogP contribution in [0.1, 0.15) is 31.1 Å². The van der Waals surface area contributed by atoms with Gasteiger partial charge in [0, 0.05) is 23.8 Å². The van der Waals surface area contributed by atoms with E-state index in [2.05, 4.69) is 35.7 Å². The lowest BCUT2D eigenvalue weighted by Crippen LogP contribution is -2.30. The number of hydrogen-bond acceptors (Lipinski definition) is 4. The van der Waals surface area contributed by atoms with E-state index in [4.69, 9.17) is 0 Å². The average molecular weight is 438 g/mol. The molecular weight excluding hydrogens is 410 g/mol. The molecule has 0 aromatic heterocycles. The highest BCUT2D eigenvalue weighted by molar-refractivity contribution is 7.92. The minimum Gasteiger partial charge on any atom is -0.369 e. The summed E-state index contributed by atoms with van der Waals surface area (Å²) in [5, 5.41) is 2.81. The summed E-state index contributed by atoms with van der Waals surface area (Å²) >= 11 is 0. The molecule has 31 heavy (non-hydrogen) atoms. The lowest BCUT2D eigenvalue weighted by atomic mass is 10.1. The van der Waals surface area contributed by atoms with E-state index in [9.17, 15) is 13.2 Å². The smallest absolute Gasteiger partial charge is 0.261 e. The van der Waals surface area contributed by atoms with Crippen molar-refractivity contribution in [3.8, 4) is 0 Å². The summed E-state index contributed by atoms with van der Waals surface area (Å²) in [5.74, 6) is -0.314. The van der Waals surface area contributed by atoms with Gasteiger partial charge in [0.25, 0.3) is 15.9 Å². The molecule has 3 rings (SSSR count). The van der Waals surface area contributed by atoms with E-state index in [0.717, 1.165) is 12.2 Å². The fourth-order valence-corrected chi connectivity index (χ4v) is 4.43. The summed E-state index contributed by atoms with van der Waals surface area (Å²) in [7, 11) is -3.77. The summed E-state index contributed by atoms with van der Waals surface area (Å²) in [5.41, 5.74) is 2.22. The van der Waals surface area contributed by atoms with Crippen LogP contribution in [0.3, 0.4) is 0 Å². The molecule has 0 spiro atoms. The largest absolute Gasteiger partial charge is 0.369 e. The van der Waals surface area contributed by atoms with Gasteiger partial charge in [0.1, 0.15) is 0 Å². The van der Waals surface area contributed by atoms with Crippen molar-refractivity contribution < 1.29 is 13.2 Å². The molecule has 0 aliphatic heterocycles. The van der Waals surface area contributed by atoms with E-state index in [1.807, 2.05) is 12.1 Å². The molecule has 0 radical (unpaired) electrons. The molecule has 0 unspecified atom stereocenters. The molecule has 0 atom stereocenters. The molecule has 0 bridgehead atoms. The fourth-order valence-electron chi connectivity index (χ4n) is 3.33. The highest BCUT2D eigenvalue weighted by Crippen LogP contribution is 2.25. The second kappa shape index (κ2) is 9.66. The first-order valence-corrected chi connectivity index (χ1v) is 11.6. The fraction of sp³-hybridized carbons (Fsp3) is 0.208. The van der Waals surface area contributed by atoms with Gasteiger partial charge in [-0.05, 0) is 69.3 Å². The molecule has 0 saturated carbocycles. The molecule has 162 valence electrons. The zero-order valence-electron chi connectivity index (χ0n) is 17.9. The highest BCUT2D eigenvalue weighted by Gasteiger charge is 2.17. The number of amides is 1. The molecule has 1 amide bonds. The Labute approximate surface area is 184 Å². The monoisotopic (exact) mass is 437 g/mol. The maximum absolute atomic E-state index is 12.8. The third-order valence-corrected chi connectivity index (χ3v) is 6.28. The average Bonchev–Trinajstić information content (AvgIpc) is 2.76. The lowest BCUT2D eigenvalue weighted by molar-refractivity contribution is 0.102. The van der Waals surface area contributed by atoms with Crippen molar-refractivity contribution in [2.24, 2.45) is 0 Å². The van der Waals surface area contributed by atoms with E-state index in [0.29, 0.717) is 23.0 Å². The van der Waals surface area contributed by atoms with Gasteiger partial charge in [-0.15, -0.1) is 0 Å². The van der Waals surface area contributed by atoms with Crippen molar-refractivity contribution in [3.63, 3.8) is 0 Å². The number of hydrogen-bond donors (Lipinski definition) is 2. The van der Waals surface area contributed by atoms with Crippen molar-refractivity contribution in [1.29, 1.82) is 0 Å². The molecule has 0 aliphatic rings. The topological polar surface area (TPSA) is 78.5 Å². The quantitative estimate of drug-likeness (QED) is 0.521. The van der Waals surface area contributed by atoms with Gasteiger partial charge in [-0.25, -0.2) is 8.42 Å². The Morgan fingerprint density at radius 1 is 0.871 bits per heavy atom. The molecule has 6 nitrogen and oxygen atoms in total. The molecule has 0 saturated heterocycles. The summed E-state index contributed by atoms with van der Waals surface area (Å²) in [6.07, 6.45) is 0. The van der Waals surface area contributed by atoms with Crippen molar-refractivity contribution in [2.45, 2.75) is 31.7 Å². The van der Waals surface area contributed by atoms with Crippen LogP contribution in [0.4, 0.5) is 17.1 Å². The second-order valence-corrected chi connectivity index (χ2v) is 9.03. The Kier molecular flexibility index (Phi) is 6.97. The number of sulfonamides is 1. The summed E-state index contributed by atoms with van der Waals surface area (Å²) in [6, 6.07) is 22.5. The third-order valence-electron chi connectivity index (χ3n) is 4.90. The standard InChI is InChI=1S/C24H27N3O3S/c1-4-27(18(2)3)20-16-14-19(15-17-20)24(28)25-22-12-8-9-13-23(22)26-31(29,30)21-10-6-5-7-11-21/h5-18,26H,4H2,1-3H3,(H,25,28). The maximum atomic E-state index is 12.8. The minimum absolute atomic E-state index is 0.150. The molecule has 2 N–H and O–H groups in total. The van der Waals surface area contributed by atoms with Crippen molar-refractivity contribution >= 4 is 33.0 Å². The first-order valence-electron chi connectivity index (χ1n) is 10.2. The number of anilines is 3. The Morgan fingerprint density at radius 3 is 2.03 bits per heavy atom. The van der Waals surface area contributed by atoms with Crippen LogP contribution in [0.2, 0.25) is 0 Å². The van der Waals surface area contributed by atoms with Crippen molar-refractivity contribution in [2.75, 3.05) is 21.5 Å². The SMILES string of the molecule is CCN(c1ccc(C(=O)Nc2ccccc2NS(=O)(=O)c2ccccc2)cc1)C(C)C. The Morgan fingerprint density at radius 2 is 1.45 bits per heavy atom.